The van der Waals surface area contributed by atoms with Crippen molar-refractivity contribution in [2.75, 3.05) is 0 Å². The van der Waals surface area contributed by atoms with Gasteiger partial charge in [-0.2, -0.15) is 5.26 Å². The molecule has 0 radical (unpaired) electrons. The second-order valence-electron chi connectivity index (χ2n) is 12.2. The molecule has 222 valence electrons. The quantitative estimate of drug-likeness (QED) is 0.168. The molecule has 0 fully saturated rings. The van der Waals surface area contributed by atoms with Crippen molar-refractivity contribution in [3.05, 3.63) is 120 Å². The third-order valence-corrected chi connectivity index (χ3v) is 7.63. The van der Waals surface area contributed by atoms with E-state index < -0.39 is 0 Å². The van der Waals surface area contributed by atoms with Crippen LogP contribution in [0.4, 0.5) is 0 Å². The van der Waals surface area contributed by atoms with Crippen molar-refractivity contribution in [3.63, 3.8) is 0 Å². The van der Waals surface area contributed by atoms with E-state index in [1.54, 1.807) is 6.20 Å². The molecular weight excluding hydrogens is 554 g/mol. The van der Waals surface area contributed by atoms with Crippen molar-refractivity contribution in [1.82, 2.24) is 29.9 Å². The summed E-state index contributed by atoms with van der Waals surface area (Å²) >= 11 is 0. The van der Waals surface area contributed by atoms with E-state index in [-0.39, 0.29) is 0 Å². The zero-order valence-electron chi connectivity index (χ0n) is 26.1. The van der Waals surface area contributed by atoms with E-state index in [2.05, 4.69) is 75.1 Å². The van der Waals surface area contributed by atoms with Gasteiger partial charge in [-0.1, -0.05) is 100 Å². The third kappa shape index (κ3) is 6.76. The molecule has 0 unspecified atom stereocenters. The Bertz CT molecular complexity index is 2010. The molecule has 3 aromatic carbocycles. The van der Waals surface area contributed by atoms with Gasteiger partial charge in [-0.15, -0.1) is 0 Å². The molecule has 0 atom stereocenters. The van der Waals surface area contributed by atoms with Gasteiger partial charge in [-0.05, 0) is 41.0 Å². The van der Waals surface area contributed by atoms with Crippen LogP contribution in [-0.4, -0.2) is 29.9 Å². The molecular formula is C38H35N7. The normalized spacial score (nSPS) is 11.3. The Morgan fingerprint density at radius 2 is 1.18 bits per heavy atom. The first kappa shape index (κ1) is 29.7. The molecule has 0 aliphatic carbocycles. The fraction of sp³-hybridized carbons (Fsp3) is 0.237. The fourth-order valence-corrected chi connectivity index (χ4v) is 5.47. The molecule has 6 rings (SSSR count). The maximum absolute atomic E-state index is 9.71. The van der Waals surface area contributed by atoms with Crippen LogP contribution in [-0.2, 0) is 19.3 Å². The van der Waals surface area contributed by atoms with E-state index in [4.69, 9.17) is 24.9 Å². The van der Waals surface area contributed by atoms with Gasteiger partial charge in [0.1, 0.15) is 6.07 Å². The smallest absolute Gasteiger partial charge is 0.162 e. The Morgan fingerprint density at radius 3 is 1.89 bits per heavy atom. The first-order valence-corrected chi connectivity index (χ1v) is 15.4. The molecule has 45 heavy (non-hydrogen) atoms. The van der Waals surface area contributed by atoms with E-state index in [1.165, 1.54) is 10.8 Å². The minimum absolute atomic E-state index is 0.341. The summed E-state index contributed by atoms with van der Waals surface area (Å²) < 4.78 is 0. The molecule has 0 spiro atoms. The van der Waals surface area contributed by atoms with E-state index in [9.17, 15) is 5.26 Å². The van der Waals surface area contributed by atoms with Gasteiger partial charge < -0.3 is 0 Å². The van der Waals surface area contributed by atoms with Crippen molar-refractivity contribution in [3.8, 4) is 40.2 Å². The van der Waals surface area contributed by atoms with Crippen molar-refractivity contribution in [1.29, 1.82) is 5.26 Å². The van der Waals surface area contributed by atoms with Gasteiger partial charge in [-0.25, -0.2) is 29.9 Å². The largest absolute Gasteiger partial charge is 0.236 e. The summed E-state index contributed by atoms with van der Waals surface area (Å²) in [5.74, 6) is 2.50. The molecule has 0 saturated heterocycles. The predicted octanol–water partition coefficient (Wildman–Crippen LogP) is 8.07. The minimum atomic E-state index is 0.341. The molecule has 0 bridgehead atoms. The van der Waals surface area contributed by atoms with Gasteiger partial charge in [0.25, 0.3) is 0 Å². The number of fused-ring (bicyclic) bond motifs is 1. The van der Waals surface area contributed by atoms with Gasteiger partial charge in [0, 0.05) is 30.6 Å². The molecule has 0 N–H and O–H groups in total. The van der Waals surface area contributed by atoms with Crippen LogP contribution >= 0.6 is 0 Å². The molecule has 3 heterocycles. The number of benzene rings is 3. The van der Waals surface area contributed by atoms with Crippen LogP contribution < -0.4 is 0 Å². The molecule has 0 saturated carbocycles. The van der Waals surface area contributed by atoms with E-state index >= 15 is 0 Å². The third-order valence-electron chi connectivity index (χ3n) is 7.63. The van der Waals surface area contributed by atoms with Crippen LogP contribution in [0.2, 0.25) is 0 Å². The molecule has 7 nitrogen and oxygen atoms in total. The Balaban J connectivity index is 1.49. The van der Waals surface area contributed by atoms with Gasteiger partial charge in [0.15, 0.2) is 17.5 Å². The molecule has 0 aliphatic rings. The van der Waals surface area contributed by atoms with Gasteiger partial charge in [0.2, 0.25) is 0 Å². The molecule has 7 heteroatoms. The summed E-state index contributed by atoms with van der Waals surface area (Å²) in [6.07, 6.45) is 7.27. The van der Waals surface area contributed by atoms with E-state index in [1.807, 2.05) is 48.8 Å². The lowest BCUT2D eigenvalue weighted by Gasteiger charge is -2.15. The maximum Gasteiger partial charge on any atom is 0.162 e. The number of nitrogens with zero attached hydrogens (tertiary/aromatic N) is 7. The summed E-state index contributed by atoms with van der Waals surface area (Å²) in [4.78, 5) is 29.2. The van der Waals surface area contributed by atoms with Crippen LogP contribution in [0.15, 0.2) is 91.4 Å². The summed E-state index contributed by atoms with van der Waals surface area (Å²) in [6.45, 7) is 8.60. The first-order chi connectivity index (χ1) is 21.9. The van der Waals surface area contributed by atoms with Crippen LogP contribution in [0, 0.1) is 23.2 Å². The standard InChI is InChI=1S/C38H35N7/c1-24(2)16-33-30(20-39)21-40-37(43-33)32-23-42-38(45-35(32)19-26-14-15-27-10-8-9-13-29(27)18-26)31-22-41-36(28-11-6-5-7-12-28)44-34(31)17-25(3)4/h5-15,18,21-25H,16-17,19H2,1-4H3. The molecule has 3 aromatic heterocycles. The van der Waals surface area contributed by atoms with Crippen LogP contribution in [0.3, 0.4) is 0 Å². The van der Waals surface area contributed by atoms with Crippen molar-refractivity contribution in [2.24, 2.45) is 11.8 Å². The van der Waals surface area contributed by atoms with Crippen molar-refractivity contribution < 1.29 is 0 Å². The first-order valence-electron chi connectivity index (χ1n) is 15.4. The highest BCUT2D eigenvalue weighted by Gasteiger charge is 2.20. The Labute approximate surface area is 264 Å². The molecule has 0 aliphatic heterocycles. The highest BCUT2D eigenvalue weighted by molar-refractivity contribution is 5.83. The van der Waals surface area contributed by atoms with Gasteiger partial charge in [-0.3, -0.25) is 0 Å². The number of rotatable bonds is 9. The highest BCUT2D eigenvalue weighted by Crippen LogP contribution is 2.29. The molecule has 0 amide bonds. The summed E-state index contributed by atoms with van der Waals surface area (Å²) in [7, 11) is 0. The van der Waals surface area contributed by atoms with Gasteiger partial charge in [0.05, 0.1) is 33.8 Å². The maximum atomic E-state index is 9.71. The van der Waals surface area contributed by atoms with E-state index in [0.29, 0.717) is 47.7 Å². The van der Waals surface area contributed by atoms with Crippen LogP contribution in [0.5, 0.6) is 0 Å². The second kappa shape index (κ2) is 13.1. The minimum Gasteiger partial charge on any atom is -0.236 e. The summed E-state index contributed by atoms with van der Waals surface area (Å²) in [5.41, 5.74) is 6.60. The number of hydrogen-bond acceptors (Lipinski definition) is 7. The number of hydrogen-bond donors (Lipinski definition) is 0. The topological polar surface area (TPSA) is 101 Å². The zero-order valence-corrected chi connectivity index (χ0v) is 26.1. The lowest BCUT2D eigenvalue weighted by atomic mass is 10.0. The van der Waals surface area contributed by atoms with E-state index in [0.717, 1.165) is 45.8 Å². The lowest BCUT2D eigenvalue weighted by molar-refractivity contribution is 0.633. The Morgan fingerprint density at radius 1 is 0.600 bits per heavy atom. The van der Waals surface area contributed by atoms with Crippen LogP contribution in [0.1, 0.15) is 55.9 Å². The molecule has 6 aromatic rings. The average Bonchev–Trinajstić information content (AvgIpc) is 3.04. The van der Waals surface area contributed by atoms with Crippen LogP contribution in [0.25, 0.3) is 44.9 Å². The lowest BCUT2D eigenvalue weighted by Crippen LogP contribution is -2.08. The SMILES string of the molecule is CC(C)Cc1nc(-c2cnc(-c3cnc(-c4ccccc4)nc3CC(C)C)nc2Cc2ccc3ccccc3c2)ncc1C#N. The Hall–Kier alpha value is -5.35. The highest BCUT2D eigenvalue weighted by atomic mass is 15.0. The number of aromatic nitrogens is 6. The van der Waals surface area contributed by atoms with Crippen molar-refractivity contribution >= 4 is 10.8 Å². The van der Waals surface area contributed by atoms with Gasteiger partial charge >= 0.3 is 0 Å². The second-order valence-corrected chi connectivity index (χ2v) is 12.2. The predicted molar refractivity (Wildman–Crippen MR) is 178 cm³/mol. The summed E-state index contributed by atoms with van der Waals surface area (Å²) in [6, 6.07) is 27.1. The summed E-state index contributed by atoms with van der Waals surface area (Å²) in [5, 5.41) is 12.1. The van der Waals surface area contributed by atoms with Crippen molar-refractivity contribution in [2.45, 2.75) is 47.0 Å². The zero-order chi connectivity index (χ0) is 31.3. The Kier molecular flexibility index (Phi) is 8.65. The monoisotopic (exact) mass is 589 g/mol. The fourth-order valence-electron chi connectivity index (χ4n) is 5.47. The average molecular weight is 590 g/mol. The number of nitriles is 1.